The van der Waals surface area contributed by atoms with Gasteiger partial charge in [0, 0.05) is 15.7 Å². The van der Waals surface area contributed by atoms with E-state index in [0.717, 1.165) is 9.13 Å². The number of carbonyl (C=O) groups is 2. The Kier molecular flexibility index (Phi) is 5.39. The van der Waals surface area contributed by atoms with E-state index >= 15 is 0 Å². The van der Waals surface area contributed by atoms with Crippen molar-refractivity contribution in [2.45, 2.75) is 19.3 Å². The van der Waals surface area contributed by atoms with E-state index in [-0.39, 0.29) is 19.3 Å². The molecule has 1 rings (SSSR count). The normalized spacial score (nSPS) is 12.1. The molecule has 0 saturated carbocycles. The predicted molar refractivity (Wildman–Crippen MR) is 75.3 cm³/mol. The summed E-state index contributed by atoms with van der Waals surface area (Å²) in [6, 6.07) is 5.40. The van der Waals surface area contributed by atoms with Gasteiger partial charge < -0.3 is 15.9 Å². The van der Waals surface area contributed by atoms with Crippen LogP contribution >= 0.6 is 22.6 Å². The predicted octanol–water partition coefficient (Wildman–Crippen LogP) is 1.98. The van der Waals surface area contributed by atoms with Crippen molar-refractivity contribution in [3.63, 3.8) is 0 Å². The van der Waals surface area contributed by atoms with Gasteiger partial charge in [-0.1, -0.05) is 6.07 Å². The minimum absolute atomic E-state index is 0.107. The number of carboxylic acids is 2. The number of hydrogen-bond donors (Lipinski definition) is 3. The molecule has 0 unspecified atom stereocenters. The maximum atomic E-state index is 11.1. The van der Waals surface area contributed by atoms with Gasteiger partial charge in [0.1, 0.15) is 0 Å². The van der Waals surface area contributed by atoms with Crippen LogP contribution in [0.1, 0.15) is 18.4 Å². The summed E-state index contributed by atoms with van der Waals surface area (Å²) in [6.07, 6.45) is 0.211. The zero-order valence-corrected chi connectivity index (χ0v) is 11.8. The molecule has 0 aliphatic carbocycles. The van der Waals surface area contributed by atoms with E-state index in [1.54, 1.807) is 12.1 Å². The van der Waals surface area contributed by atoms with Gasteiger partial charge in [-0.2, -0.15) is 0 Å². The Morgan fingerprint density at radius 2 is 2.00 bits per heavy atom. The van der Waals surface area contributed by atoms with E-state index < -0.39 is 17.9 Å². The highest BCUT2D eigenvalue weighted by molar-refractivity contribution is 14.1. The minimum Gasteiger partial charge on any atom is -0.481 e. The molecular formula is C12H14INO4. The second-order valence-corrected chi connectivity index (χ2v) is 5.26. The first-order valence-electron chi connectivity index (χ1n) is 5.38. The van der Waals surface area contributed by atoms with Crippen LogP contribution in [0.4, 0.5) is 5.69 Å². The van der Waals surface area contributed by atoms with Gasteiger partial charge in [-0.15, -0.1) is 0 Å². The number of anilines is 1. The quantitative estimate of drug-likeness (QED) is 0.530. The first kappa shape index (κ1) is 14.7. The molecule has 0 heterocycles. The summed E-state index contributed by atoms with van der Waals surface area (Å²) in [5, 5.41) is 17.6. The fraction of sp³-hybridized carbons (Fsp3) is 0.333. The van der Waals surface area contributed by atoms with E-state index in [2.05, 4.69) is 22.6 Å². The summed E-state index contributed by atoms with van der Waals surface area (Å²) in [6.45, 7) is 0. The molecule has 6 heteroatoms. The Balaban J connectivity index is 2.76. The summed E-state index contributed by atoms with van der Waals surface area (Å²) in [5.74, 6) is -2.70. The Morgan fingerprint density at radius 1 is 1.33 bits per heavy atom. The van der Waals surface area contributed by atoms with E-state index in [0.29, 0.717) is 5.69 Å². The average Bonchev–Trinajstić information content (AvgIpc) is 2.26. The molecular weight excluding hydrogens is 349 g/mol. The van der Waals surface area contributed by atoms with Crippen LogP contribution in [0.25, 0.3) is 0 Å². The number of halogens is 1. The van der Waals surface area contributed by atoms with Crippen molar-refractivity contribution < 1.29 is 19.8 Å². The van der Waals surface area contributed by atoms with Crippen molar-refractivity contribution in [2.24, 2.45) is 5.92 Å². The lowest BCUT2D eigenvalue weighted by Gasteiger charge is -2.13. The number of hydrogen-bond acceptors (Lipinski definition) is 3. The standard InChI is InChI=1S/C12H14INO4/c13-9-3-1-7(10(14)6-9)5-8(12(17)18)2-4-11(15)16/h1,3,6,8H,2,4-5,14H2,(H,15,16)(H,17,18)/t8-/m1/s1. The summed E-state index contributed by atoms with van der Waals surface area (Å²) < 4.78 is 0.978. The van der Waals surface area contributed by atoms with E-state index in [1.807, 2.05) is 6.07 Å². The minimum atomic E-state index is -0.991. The lowest BCUT2D eigenvalue weighted by molar-refractivity contribution is -0.142. The molecule has 0 aliphatic rings. The first-order valence-corrected chi connectivity index (χ1v) is 6.46. The van der Waals surface area contributed by atoms with Crippen molar-refractivity contribution in [2.75, 3.05) is 5.73 Å². The molecule has 0 amide bonds. The highest BCUT2D eigenvalue weighted by Crippen LogP contribution is 2.21. The van der Waals surface area contributed by atoms with Crippen LogP contribution in [0.3, 0.4) is 0 Å². The molecule has 98 valence electrons. The molecule has 1 aromatic carbocycles. The van der Waals surface area contributed by atoms with E-state index in [9.17, 15) is 9.59 Å². The van der Waals surface area contributed by atoms with Gasteiger partial charge in [0.25, 0.3) is 0 Å². The molecule has 0 fully saturated rings. The number of rotatable bonds is 6. The van der Waals surface area contributed by atoms with Gasteiger partial charge in [-0.25, -0.2) is 0 Å². The molecule has 18 heavy (non-hydrogen) atoms. The number of carboxylic acid groups (broad SMARTS) is 2. The summed E-state index contributed by atoms with van der Waals surface area (Å²) in [5.41, 5.74) is 7.10. The maximum Gasteiger partial charge on any atom is 0.306 e. The molecule has 1 atom stereocenters. The summed E-state index contributed by atoms with van der Waals surface area (Å²) in [7, 11) is 0. The number of aliphatic carboxylic acids is 2. The molecule has 0 spiro atoms. The molecule has 5 nitrogen and oxygen atoms in total. The number of benzene rings is 1. The van der Waals surface area contributed by atoms with Crippen LogP contribution in [0.15, 0.2) is 18.2 Å². The summed E-state index contributed by atoms with van der Waals surface area (Å²) >= 11 is 2.12. The highest BCUT2D eigenvalue weighted by atomic mass is 127. The van der Waals surface area contributed by atoms with Crippen molar-refractivity contribution in [3.8, 4) is 0 Å². The van der Waals surface area contributed by atoms with Crippen LogP contribution < -0.4 is 5.73 Å². The lowest BCUT2D eigenvalue weighted by atomic mass is 9.94. The monoisotopic (exact) mass is 363 g/mol. The van der Waals surface area contributed by atoms with Crippen molar-refractivity contribution in [1.29, 1.82) is 0 Å². The molecule has 4 N–H and O–H groups in total. The highest BCUT2D eigenvalue weighted by Gasteiger charge is 2.20. The Morgan fingerprint density at radius 3 is 2.50 bits per heavy atom. The Hall–Kier alpha value is -1.31. The Bertz CT molecular complexity index is 461. The van der Waals surface area contributed by atoms with Crippen molar-refractivity contribution >= 4 is 40.2 Å². The molecule has 0 aliphatic heterocycles. The van der Waals surface area contributed by atoms with Crippen molar-refractivity contribution in [1.82, 2.24) is 0 Å². The lowest BCUT2D eigenvalue weighted by Crippen LogP contribution is -2.18. The van der Waals surface area contributed by atoms with E-state index in [4.69, 9.17) is 15.9 Å². The third-order valence-electron chi connectivity index (χ3n) is 2.63. The SMILES string of the molecule is Nc1cc(I)ccc1C[C@@H](CCC(=O)O)C(=O)O. The summed E-state index contributed by atoms with van der Waals surface area (Å²) in [4.78, 5) is 21.5. The average molecular weight is 363 g/mol. The van der Waals surface area contributed by atoms with Crippen LogP contribution in [-0.4, -0.2) is 22.2 Å². The molecule has 0 radical (unpaired) electrons. The first-order chi connectivity index (χ1) is 8.40. The third-order valence-corrected chi connectivity index (χ3v) is 3.30. The second-order valence-electron chi connectivity index (χ2n) is 4.01. The van der Waals surface area contributed by atoms with Crippen LogP contribution in [0.2, 0.25) is 0 Å². The second kappa shape index (κ2) is 6.58. The molecule has 0 bridgehead atoms. The fourth-order valence-corrected chi connectivity index (χ4v) is 2.14. The van der Waals surface area contributed by atoms with Crippen LogP contribution in [0, 0.1) is 9.49 Å². The largest absolute Gasteiger partial charge is 0.481 e. The van der Waals surface area contributed by atoms with Gasteiger partial charge in [0.15, 0.2) is 0 Å². The van der Waals surface area contributed by atoms with Crippen LogP contribution in [0.5, 0.6) is 0 Å². The number of nitrogen functional groups attached to an aromatic ring is 1. The number of nitrogens with two attached hydrogens (primary N) is 1. The molecule has 0 aromatic heterocycles. The van der Waals surface area contributed by atoms with Crippen LogP contribution in [-0.2, 0) is 16.0 Å². The van der Waals surface area contributed by atoms with Gasteiger partial charge in [0.05, 0.1) is 5.92 Å². The molecule has 1 aromatic rings. The zero-order chi connectivity index (χ0) is 13.7. The maximum absolute atomic E-state index is 11.1. The van der Waals surface area contributed by atoms with Gasteiger partial charge >= 0.3 is 11.9 Å². The smallest absolute Gasteiger partial charge is 0.306 e. The Labute approximate surface area is 118 Å². The zero-order valence-electron chi connectivity index (χ0n) is 9.60. The topological polar surface area (TPSA) is 101 Å². The van der Waals surface area contributed by atoms with Gasteiger partial charge in [-0.3, -0.25) is 9.59 Å². The third kappa shape index (κ3) is 4.52. The van der Waals surface area contributed by atoms with E-state index in [1.165, 1.54) is 0 Å². The van der Waals surface area contributed by atoms with Gasteiger partial charge in [-0.05, 0) is 53.1 Å². The fourth-order valence-electron chi connectivity index (χ4n) is 1.63. The van der Waals surface area contributed by atoms with Crippen molar-refractivity contribution in [3.05, 3.63) is 27.3 Å². The molecule has 0 saturated heterocycles. The van der Waals surface area contributed by atoms with Gasteiger partial charge in [0.2, 0.25) is 0 Å².